The molecule has 0 spiro atoms. The number of rotatable bonds is 7. The van der Waals surface area contributed by atoms with Gasteiger partial charge in [-0.15, -0.1) is 0 Å². The van der Waals surface area contributed by atoms with E-state index in [2.05, 4.69) is 56.2 Å². The van der Waals surface area contributed by atoms with Gasteiger partial charge < -0.3 is 5.32 Å². The number of nitrogens with zero attached hydrogens (tertiary/aromatic N) is 1. The molecule has 1 N–H and O–H groups in total. The van der Waals surface area contributed by atoms with Crippen molar-refractivity contribution in [1.29, 1.82) is 0 Å². The van der Waals surface area contributed by atoms with Crippen LogP contribution in [0.15, 0.2) is 18.2 Å². The van der Waals surface area contributed by atoms with E-state index >= 15 is 0 Å². The molecule has 106 valence electrons. The second-order valence-corrected chi connectivity index (χ2v) is 5.91. The van der Waals surface area contributed by atoms with Gasteiger partial charge in [0.2, 0.25) is 0 Å². The van der Waals surface area contributed by atoms with Crippen molar-refractivity contribution in [1.82, 2.24) is 10.2 Å². The maximum absolute atomic E-state index is 3.49. The minimum Gasteiger partial charge on any atom is -0.312 e. The van der Waals surface area contributed by atoms with E-state index in [-0.39, 0.29) is 0 Å². The van der Waals surface area contributed by atoms with Crippen molar-refractivity contribution in [2.45, 2.75) is 52.1 Å². The van der Waals surface area contributed by atoms with Crippen LogP contribution in [0.3, 0.4) is 0 Å². The first kappa shape index (κ1) is 14.5. The van der Waals surface area contributed by atoms with Crippen LogP contribution in [-0.4, -0.2) is 31.1 Å². The fraction of sp³-hybridized carbons (Fsp3) is 0.647. The second kappa shape index (κ2) is 6.53. The molecule has 2 rings (SSSR count). The Balaban J connectivity index is 2.07. The molecule has 1 fully saturated rings. The third kappa shape index (κ3) is 3.80. The molecule has 0 amide bonds. The minimum atomic E-state index is 0.450. The van der Waals surface area contributed by atoms with E-state index in [9.17, 15) is 0 Å². The van der Waals surface area contributed by atoms with Gasteiger partial charge in [-0.2, -0.15) is 0 Å². The Morgan fingerprint density at radius 3 is 2.53 bits per heavy atom. The SMILES string of the molecule is CCCN(CC(NC)c1ccc(C)c(C)c1)C1CC1. The van der Waals surface area contributed by atoms with Crippen LogP contribution in [0.5, 0.6) is 0 Å². The highest BCUT2D eigenvalue weighted by Crippen LogP contribution is 2.29. The molecule has 0 aliphatic heterocycles. The van der Waals surface area contributed by atoms with E-state index in [4.69, 9.17) is 0 Å². The van der Waals surface area contributed by atoms with E-state index in [1.165, 1.54) is 42.5 Å². The monoisotopic (exact) mass is 260 g/mol. The molecule has 1 saturated carbocycles. The first-order chi connectivity index (χ1) is 9.15. The molecular formula is C17H28N2. The molecule has 1 atom stereocenters. The number of aryl methyl sites for hydroxylation is 2. The lowest BCUT2D eigenvalue weighted by molar-refractivity contribution is 0.237. The highest BCUT2D eigenvalue weighted by molar-refractivity contribution is 5.32. The summed E-state index contributed by atoms with van der Waals surface area (Å²) >= 11 is 0. The fourth-order valence-electron chi connectivity index (χ4n) is 2.73. The normalized spacial score (nSPS) is 16.9. The summed E-state index contributed by atoms with van der Waals surface area (Å²) in [6.07, 6.45) is 4.03. The number of hydrogen-bond acceptors (Lipinski definition) is 2. The summed E-state index contributed by atoms with van der Waals surface area (Å²) in [5.41, 5.74) is 4.20. The lowest BCUT2D eigenvalue weighted by Gasteiger charge is -2.27. The van der Waals surface area contributed by atoms with Crippen LogP contribution in [0, 0.1) is 13.8 Å². The molecule has 0 bridgehead atoms. The summed E-state index contributed by atoms with van der Waals surface area (Å²) in [5, 5.41) is 3.49. The number of likely N-dealkylation sites (N-methyl/N-ethyl adjacent to an activating group) is 1. The van der Waals surface area contributed by atoms with Crippen molar-refractivity contribution in [3.63, 3.8) is 0 Å². The molecule has 1 aliphatic carbocycles. The van der Waals surface area contributed by atoms with Crippen LogP contribution in [0.4, 0.5) is 0 Å². The van der Waals surface area contributed by atoms with E-state index < -0.39 is 0 Å². The van der Waals surface area contributed by atoms with Crippen molar-refractivity contribution < 1.29 is 0 Å². The Morgan fingerprint density at radius 2 is 2.00 bits per heavy atom. The lowest BCUT2D eigenvalue weighted by atomic mass is 10.0. The van der Waals surface area contributed by atoms with E-state index in [0.29, 0.717) is 6.04 Å². The quantitative estimate of drug-likeness (QED) is 0.808. The smallest absolute Gasteiger partial charge is 0.0447 e. The van der Waals surface area contributed by atoms with Crippen molar-refractivity contribution >= 4 is 0 Å². The van der Waals surface area contributed by atoms with Gasteiger partial charge in [-0.25, -0.2) is 0 Å². The zero-order valence-electron chi connectivity index (χ0n) is 12.9. The molecule has 1 aliphatic rings. The van der Waals surface area contributed by atoms with Gasteiger partial charge in [0.25, 0.3) is 0 Å². The van der Waals surface area contributed by atoms with Gasteiger partial charge in [0.15, 0.2) is 0 Å². The van der Waals surface area contributed by atoms with Crippen LogP contribution >= 0.6 is 0 Å². The largest absolute Gasteiger partial charge is 0.312 e. The standard InChI is InChI=1S/C17H28N2/c1-5-10-19(16-8-9-16)12-17(18-4)15-7-6-13(2)14(3)11-15/h6-7,11,16-18H,5,8-10,12H2,1-4H3. The van der Waals surface area contributed by atoms with Crippen LogP contribution in [0.2, 0.25) is 0 Å². The van der Waals surface area contributed by atoms with E-state index in [0.717, 1.165) is 12.6 Å². The van der Waals surface area contributed by atoms with Crippen molar-refractivity contribution in [3.05, 3.63) is 34.9 Å². The zero-order valence-corrected chi connectivity index (χ0v) is 12.9. The summed E-state index contributed by atoms with van der Waals surface area (Å²) < 4.78 is 0. The summed E-state index contributed by atoms with van der Waals surface area (Å²) in [7, 11) is 2.08. The van der Waals surface area contributed by atoms with Gasteiger partial charge in [0.1, 0.15) is 0 Å². The third-order valence-electron chi connectivity index (χ3n) is 4.27. The third-order valence-corrected chi connectivity index (χ3v) is 4.27. The molecule has 1 aromatic carbocycles. The predicted octanol–water partition coefficient (Wildman–Crippen LogP) is 3.44. The van der Waals surface area contributed by atoms with Crippen LogP contribution in [-0.2, 0) is 0 Å². The predicted molar refractivity (Wildman–Crippen MR) is 82.6 cm³/mol. The Bertz CT molecular complexity index is 410. The average Bonchev–Trinajstić information content (AvgIpc) is 3.22. The Kier molecular flexibility index (Phi) is 5.00. The maximum atomic E-state index is 3.49. The first-order valence-electron chi connectivity index (χ1n) is 7.64. The van der Waals surface area contributed by atoms with Gasteiger partial charge in [-0.3, -0.25) is 4.90 Å². The number of benzene rings is 1. The Labute approximate surface area is 118 Å². The van der Waals surface area contributed by atoms with Crippen molar-refractivity contribution in [2.24, 2.45) is 0 Å². The lowest BCUT2D eigenvalue weighted by Crippen LogP contribution is -2.36. The zero-order chi connectivity index (χ0) is 13.8. The van der Waals surface area contributed by atoms with Crippen LogP contribution in [0.25, 0.3) is 0 Å². The second-order valence-electron chi connectivity index (χ2n) is 5.91. The molecule has 1 aromatic rings. The number of hydrogen-bond donors (Lipinski definition) is 1. The van der Waals surface area contributed by atoms with Crippen molar-refractivity contribution in [3.8, 4) is 0 Å². The molecule has 1 unspecified atom stereocenters. The first-order valence-corrected chi connectivity index (χ1v) is 7.64. The van der Waals surface area contributed by atoms with Crippen LogP contribution < -0.4 is 5.32 Å². The molecular weight excluding hydrogens is 232 g/mol. The molecule has 19 heavy (non-hydrogen) atoms. The summed E-state index contributed by atoms with van der Waals surface area (Å²) in [6, 6.07) is 8.17. The average molecular weight is 260 g/mol. The van der Waals surface area contributed by atoms with Crippen LogP contribution in [0.1, 0.15) is 48.9 Å². The van der Waals surface area contributed by atoms with Gasteiger partial charge >= 0.3 is 0 Å². The van der Waals surface area contributed by atoms with Gasteiger partial charge in [0, 0.05) is 18.6 Å². The Hall–Kier alpha value is -0.860. The summed E-state index contributed by atoms with van der Waals surface area (Å²) in [6.45, 7) is 9.03. The molecule has 2 heteroatoms. The van der Waals surface area contributed by atoms with E-state index in [1.807, 2.05) is 0 Å². The summed E-state index contributed by atoms with van der Waals surface area (Å²) in [4.78, 5) is 2.66. The van der Waals surface area contributed by atoms with Crippen molar-refractivity contribution in [2.75, 3.05) is 20.1 Å². The van der Waals surface area contributed by atoms with E-state index in [1.54, 1.807) is 0 Å². The number of nitrogens with one attached hydrogen (secondary N) is 1. The molecule has 0 saturated heterocycles. The molecule has 0 radical (unpaired) electrons. The minimum absolute atomic E-state index is 0.450. The highest BCUT2D eigenvalue weighted by Gasteiger charge is 2.29. The molecule has 0 aromatic heterocycles. The van der Waals surface area contributed by atoms with Gasteiger partial charge in [0.05, 0.1) is 0 Å². The topological polar surface area (TPSA) is 15.3 Å². The molecule has 2 nitrogen and oxygen atoms in total. The van der Waals surface area contributed by atoms with Gasteiger partial charge in [-0.1, -0.05) is 25.1 Å². The Morgan fingerprint density at radius 1 is 1.26 bits per heavy atom. The summed E-state index contributed by atoms with van der Waals surface area (Å²) in [5.74, 6) is 0. The van der Waals surface area contributed by atoms with Gasteiger partial charge in [-0.05, 0) is 63.4 Å². The highest BCUT2D eigenvalue weighted by atomic mass is 15.2. The molecule has 0 heterocycles. The maximum Gasteiger partial charge on any atom is 0.0447 e. The fourth-order valence-corrected chi connectivity index (χ4v) is 2.73.